The van der Waals surface area contributed by atoms with E-state index in [-0.39, 0.29) is 11.3 Å². The van der Waals surface area contributed by atoms with Crippen molar-refractivity contribution in [2.24, 2.45) is 10.9 Å². The summed E-state index contributed by atoms with van der Waals surface area (Å²) in [6.45, 7) is 5.14. The first-order chi connectivity index (χ1) is 14.1. The summed E-state index contributed by atoms with van der Waals surface area (Å²) in [5, 5.41) is 6.49. The van der Waals surface area contributed by atoms with Gasteiger partial charge in [-0.05, 0) is 49.7 Å². The number of carbonyl (C=O) groups excluding carboxylic acids is 1. The molecule has 29 heavy (non-hydrogen) atoms. The van der Waals surface area contributed by atoms with Crippen LogP contribution in [-0.4, -0.2) is 50.5 Å². The molecule has 0 spiro atoms. The lowest BCUT2D eigenvalue weighted by atomic mass is 9.68. The molecule has 5 heteroatoms. The van der Waals surface area contributed by atoms with Crippen LogP contribution in [0.15, 0.2) is 29.3 Å². The topological polar surface area (TPSA) is 56.7 Å². The van der Waals surface area contributed by atoms with Crippen molar-refractivity contribution in [3.8, 4) is 0 Å². The van der Waals surface area contributed by atoms with Gasteiger partial charge in [0, 0.05) is 45.6 Å². The summed E-state index contributed by atoms with van der Waals surface area (Å²) in [4.78, 5) is 18.6. The molecule has 160 valence electrons. The van der Waals surface area contributed by atoms with Crippen molar-refractivity contribution in [1.82, 2.24) is 15.5 Å². The second-order valence-electron chi connectivity index (χ2n) is 8.86. The Labute approximate surface area is 176 Å². The summed E-state index contributed by atoms with van der Waals surface area (Å²) in [5.74, 6) is 1.66. The molecule has 1 saturated carbocycles. The SMILES string of the molecule is CN=C(NCC1(c2ccccc2C)CCCCC1)N1CCC(CC(=O)NC)CC1. The van der Waals surface area contributed by atoms with E-state index < -0.39 is 0 Å². The Hall–Kier alpha value is -2.04. The van der Waals surface area contributed by atoms with Gasteiger partial charge >= 0.3 is 0 Å². The average molecular weight is 399 g/mol. The number of carbonyl (C=O) groups is 1. The average Bonchev–Trinajstić information content (AvgIpc) is 2.76. The molecule has 0 atom stereocenters. The Bertz CT molecular complexity index is 701. The van der Waals surface area contributed by atoms with Gasteiger partial charge in [0.15, 0.2) is 5.96 Å². The monoisotopic (exact) mass is 398 g/mol. The lowest BCUT2D eigenvalue weighted by Gasteiger charge is -2.41. The molecular weight excluding hydrogens is 360 g/mol. The molecule has 2 fully saturated rings. The molecular formula is C24H38N4O. The lowest BCUT2D eigenvalue weighted by molar-refractivity contribution is -0.121. The fourth-order valence-corrected chi connectivity index (χ4v) is 5.23. The normalized spacial score (nSPS) is 20.4. The fraction of sp³-hybridized carbons (Fsp3) is 0.667. The third kappa shape index (κ3) is 5.31. The van der Waals surface area contributed by atoms with Crippen LogP contribution in [0.25, 0.3) is 0 Å². The van der Waals surface area contributed by atoms with Crippen molar-refractivity contribution < 1.29 is 4.79 Å². The van der Waals surface area contributed by atoms with Crippen LogP contribution in [0.2, 0.25) is 0 Å². The van der Waals surface area contributed by atoms with Crippen LogP contribution in [0.3, 0.4) is 0 Å². The highest BCUT2D eigenvalue weighted by atomic mass is 16.1. The maximum absolute atomic E-state index is 11.7. The molecule has 5 nitrogen and oxygen atoms in total. The third-order valence-corrected chi connectivity index (χ3v) is 6.99. The largest absolute Gasteiger partial charge is 0.359 e. The highest BCUT2D eigenvalue weighted by Crippen LogP contribution is 2.40. The molecule has 1 heterocycles. The second kappa shape index (κ2) is 10.1. The van der Waals surface area contributed by atoms with E-state index in [1.807, 2.05) is 7.05 Å². The molecule has 0 radical (unpaired) electrons. The number of aryl methyl sites for hydroxylation is 1. The van der Waals surface area contributed by atoms with Gasteiger partial charge in [-0.15, -0.1) is 0 Å². The third-order valence-electron chi connectivity index (χ3n) is 6.99. The summed E-state index contributed by atoms with van der Waals surface area (Å²) >= 11 is 0. The van der Waals surface area contributed by atoms with Crippen molar-refractivity contribution >= 4 is 11.9 Å². The van der Waals surface area contributed by atoms with Gasteiger partial charge in [0.05, 0.1) is 0 Å². The number of rotatable bonds is 5. The molecule has 1 saturated heterocycles. The van der Waals surface area contributed by atoms with Gasteiger partial charge < -0.3 is 15.5 Å². The van der Waals surface area contributed by atoms with Gasteiger partial charge in [-0.2, -0.15) is 0 Å². The Morgan fingerprint density at radius 3 is 2.48 bits per heavy atom. The predicted molar refractivity (Wildman–Crippen MR) is 120 cm³/mol. The second-order valence-corrected chi connectivity index (χ2v) is 8.86. The number of nitrogens with one attached hydrogen (secondary N) is 2. The summed E-state index contributed by atoms with van der Waals surface area (Å²) in [7, 11) is 3.61. The first-order valence-corrected chi connectivity index (χ1v) is 11.3. The van der Waals surface area contributed by atoms with E-state index in [9.17, 15) is 4.79 Å². The van der Waals surface area contributed by atoms with Crippen LogP contribution in [0.1, 0.15) is 62.5 Å². The Morgan fingerprint density at radius 2 is 1.86 bits per heavy atom. The molecule has 3 rings (SSSR count). The number of nitrogens with zero attached hydrogens (tertiary/aromatic N) is 2. The zero-order valence-corrected chi connectivity index (χ0v) is 18.5. The lowest BCUT2D eigenvalue weighted by Crippen LogP contribution is -2.50. The number of hydrogen-bond donors (Lipinski definition) is 2. The number of aliphatic imine (C=N–C) groups is 1. The van der Waals surface area contributed by atoms with E-state index in [0.717, 1.165) is 38.4 Å². The van der Waals surface area contributed by atoms with Crippen molar-refractivity contribution in [2.45, 2.75) is 63.7 Å². The molecule has 1 aliphatic heterocycles. The minimum absolute atomic E-state index is 0.156. The zero-order valence-electron chi connectivity index (χ0n) is 18.5. The van der Waals surface area contributed by atoms with Gasteiger partial charge in [0.25, 0.3) is 0 Å². The maximum atomic E-state index is 11.7. The quantitative estimate of drug-likeness (QED) is 0.588. The van der Waals surface area contributed by atoms with Crippen molar-refractivity contribution in [1.29, 1.82) is 0 Å². The minimum atomic E-state index is 0.156. The van der Waals surface area contributed by atoms with Crippen LogP contribution in [0.5, 0.6) is 0 Å². The van der Waals surface area contributed by atoms with Gasteiger partial charge in [-0.3, -0.25) is 9.79 Å². The van der Waals surface area contributed by atoms with Gasteiger partial charge in [-0.25, -0.2) is 0 Å². The molecule has 1 amide bonds. The van der Waals surface area contributed by atoms with E-state index in [4.69, 9.17) is 0 Å². The highest BCUT2D eigenvalue weighted by molar-refractivity contribution is 5.80. The summed E-state index contributed by atoms with van der Waals surface area (Å²) in [6, 6.07) is 8.91. The molecule has 0 aromatic heterocycles. The number of piperidine rings is 1. The van der Waals surface area contributed by atoms with E-state index in [1.165, 1.54) is 43.2 Å². The van der Waals surface area contributed by atoms with Gasteiger partial charge in [-0.1, -0.05) is 43.5 Å². The van der Waals surface area contributed by atoms with Crippen molar-refractivity contribution in [2.75, 3.05) is 33.7 Å². The standard InChI is InChI=1S/C24H38N4O/c1-19-9-5-6-10-21(19)24(13-7-4-8-14-24)18-27-23(26-3)28-15-11-20(12-16-28)17-22(29)25-2/h5-6,9-10,20H,4,7-8,11-18H2,1-3H3,(H,25,29)(H,26,27). The summed E-state index contributed by atoms with van der Waals surface area (Å²) < 4.78 is 0. The van der Waals surface area contributed by atoms with Gasteiger partial charge in [0.1, 0.15) is 0 Å². The van der Waals surface area contributed by atoms with E-state index in [1.54, 1.807) is 7.05 Å². The van der Waals surface area contributed by atoms with E-state index in [2.05, 4.69) is 51.7 Å². The van der Waals surface area contributed by atoms with Crippen LogP contribution >= 0.6 is 0 Å². The van der Waals surface area contributed by atoms with Crippen molar-refractivity contribution in [3.63, 3.8) is 0 Å². The fourth-order valence-electron chi connectivity index (χ4n) is 5.23. The van der Waals surface area contributed by atoms with E-state index >= 15 is 0 Å². The first-order valence-electron chi connectivity index (χ1n) is 11.3. The molecule has 0 unspecified atom stereocenters. The summed E-state index contributed by atoms with van der Waals surface area (Å²) in [5.41, 5.74) is 3.12. The number of likely N-dealkylation sites (tertiary alicyclic amines) is 1. The molecule has 0 bridgehead atoms. The maximum Gasteiger partial charge on any atom is 0.220 e. The smallest absolute Gasteiger partial charge is 0.220 e. The Kier molecular flexibility index (Phi) is 7.57. The molecule has 1 aliphatic carbocycles. The Morgan fingerprint density at radius 1 is 1.17 bits per heavy atom. The molecule has 2 aliphatic rings. The molecule has 1 aromatic rings. The van der Waals surface area contributed by atoms with Crippen molar-refractivity contribution in [3.05, 3.63) is 35.4 Å². The summed E-state index contributed by atoms with van der Waals surface area (Å²) in [6.07, 6.45) is 9.20. The molecule has 2 N–H and O–H groups in total. The van der Waals surface area contributed by atoms with Crippen LogP contribution in [0.4, 0.5) is 0 Å². The van der Waals surface area contributed by atoms with Gasteiger partial charge in [0.2, 0.25) is 5.91 Å². The van der Waals surface area contributed by atoms with Crippen LogP contribution < -0.4 is 10.6 Å². The van der Waals surface area contributed by atoms with E-state index in [0.29, 0.717) is 12.3 Å². The number of benzene rings is 1. The molecule has 1 aromatic carbocycles. The zero-order chi connectivity index (χ0) is 20.7. The van der Waals surface area contributed by atoms with Crippen LogP contribution in [0, 0.1) is 12.8 Å². The number of amides is 1. The predicted octanol–water partition coefficient (Wildman–Crippen LogP) is 3.62. The first kappa shape index (κ1) is 21.7. The highest BCUT2D eigenvalue weighted by Gasteiger charge is 2.35. The minimum Gasteiger partial charge on any atom is -0.359 e. The number of guanidine groups is 1. The number of hydrogen-bond acceptors (Lipinski definition) is 2. The Balaban J connectivity index is 1.63. The van der Waals surface area contributed by atoms with Crippen LogP contribution in [-0.2, 0) is 10.2 Å².